The molecule has 0 unspecified atom stereocenters. The quantitative estimate of drug-likeness (QED) is 0.763. The van der Waals surface area contributed by atoms with Crippen molar-refractivity contribution >= 4 is 28.2 Å². The van der Waals surface area contributed by atoms with Gasteiger partial charge in [0, 0.05) is 23.2 Å². The first kappa shape index (κ1) is 17.3. The molecule has 0 radical (unpaired) electrons. The van der Waals surface area contributed by atoms with Crippen molar-refractivity contribution < 1.29 is 18.0 Å². The maximum absolute atomic E-state index is 12.5. The maximum Gasteiger partial charge on any atom is 0.434 e. The average Bonchev–Trinajstić information content (AvgIpc) is 3.15. The molecule has 0 saturated carbocycles. The molecular weight excluding hydrogens is 357 g/mol. The number of rotatable bonds is 4. The molecule has 0 aromatic carbocycles. The molecule has 25 heavy (non-hydrogen) atoms. The number of carbonyl (C=O) groups is 1. The van der Waals surface area contributed by atoms with E-state index in [1.807, 2.05) is 13.8 Å². The van der Waals surface area contributed by atoms with Gasteiger partial charge in [-0.1, -0.05) is 0 Å². The lowest BCUT2D eigenvalue weighted by Gasteiger charge is -2.10. The highest BCUT2D eigenvalue weighted by Gasteiger charge is 2.33. The Morgan fingerprint density at radius 3 is 2.76 bits per heavy atom. The number of anilines is 1. The fraction of sp³-hybridized carbons (Fsp3) is 0.357. The maximum atomic E-state index is 12.5. The molecule has 1 amide bonds. The van der Waals surface area contributed by atoms with Crippen LogP contribution in [0, 0.1) is 13.8 Å². The van der Waals surface area contributed by atoms with Gasteiger partial charge in [0.2, 0.25) is 5.91 Å². The van der Waals surface area contributed by atoms with E-state index in [2.05, 4.69) is 25.4 Å². The summed E-state index contributed by atoms with van der Waals surface area (Å²) in [6.07, 6.45) is -2.66. The van der Waals surface area contributed by atoms with Gasteiger partial charge in [-0.3, -0.25) is 4.79 Å². The van der Waals surface area contributed by atoms with E-state index in [1.54, 1.807) is 4.52 Å². The molecule has 0 aliphatic heterocycles. The van der Waals surface area contributed by atoms with Gasteiger partial charge in [-0.05, 0) is 25.8 Å². The zero-order valence-electron chi connectivity index (χ0n) is 13.3. The first-order valence-electron chi connectivity index (χ1n) is 7.24. The van der Waals surface area contributed by atoms with E-state index in [0.717, 1.165) is 33.7 Å². The molecular formula is C14H13F3N6OS. The lowest BCUT2D eigenvalue weighted by molar-refractivity contribution is -0.140. The highest BCUT2D eigenvalue weighted by atomic mass is 32.1. The minimum atomic E-state index is -4.52. The number of aromatic nitrogens is 5. The van der Waals surface area contributed by atoms with Crippen LogP contribution in [0.5, 0.6) is 0 Å². The smallest absolute Gasteiger partial charge is 0.302 e. The largest absolute Gasteiger partial charge is 0.434 e. The van der Waals surface area contributed by atoms with E-state index in [-0.39, 0.29) is 11.6 Å². The van der Waals surface area contributed by atoms with Crippen LogP contribution < -0.4 is 5.32 Å². The van der Waals surface area contributed by atoms with Crippen molar-refractivity contribution in [3.63, 3.8) is 0 Å². The number of fused-ring (bicyclic) bond motifs is 1. The highest BCUT2D eigenvalue weighted by molar-refractivity contribution is 7.13. The summed E-state index contributed by atoms with van der Waals surface area (Å²) in [7, 11) is 0. The Kier molecular flexibility index (Phi) is 4.41. The Hall–Kier alpha value is -2.56. The number of carbonyl (C=O) groups excluding carboxylic acids is 1. The van der Waals surface area contributed by atoms with Crippen molar-refractivity contribution in [3.8, 4) is 0 Å². The van der Waals surface area contributed by atoms with Gasteiger partial charge >= 0.3 is 6.18 Å². The van der Waals surface area contributed by atoms with Gasteiger partial charge in [0.15, 0.2) is 10.8 Å². The van der Waals surface area contributed by atoms with Gasteiger partial charge in [0.25, 0.3) is 5.78 Å². The minimum absolute atomic E-state index is 0.0735. The van der Waals surface area contributed by atoms with Crippen LogP contribution in [-0.4, -0.2) is 30.5 Å². The van der Waals surface area contributed by atoms with Crippen molar-refractivity contribution in [1.82, 2.24) is 24.6 Å². The Labute approximate surface area is 143 Å². The van der Waals surface area contributed by atoms with Gasteiger partial charge in [-0.25, -0.2) is 14.5 Å². The molecule has 132 valence electrons. The summed E-state index contributed by atoms with van der Waals surface area (Å²) < 4.78 is 39.1. The molecule has 0 fully saturated rings. The van der Waals surface area contributed by atoms with Gasteiger partial charge in [0.05, 0.1) is 0 Å². The second-order valence-corrected chi connectivity index (χ2v) is 6.17. The summed E-state index contributed by atoms with van der Waals surface area (Å²) in [6, 6.07) is 0. The van der Waals surface area contributed by atoms with Crippen LogP contribution in [0.25, 0.3) is 5.78 Å². The van der Waals surface area contributed by atoms with Crippen molar-refractivity contribution in [2.24, 2.45) is 0 Å². The van der Waals surface area contributed by atoms with Crippen molar-refractivity contribution in [3.05, 3.63) is 34.4 Å². The molecule has 3 aromatic heterocycles. The molecule has 3 aromatic rings. The van der Waals surface area contributed by atoms with E-state index in [4.69, 9.17) is 0 Å². The summed E-state index contributed by atoms with van der Waals surface area (Å²) in [4.78, 5) is 23.7. The normalized spacial score (nSPS) is 11.9. The predicted octanol–water partition coefficient (Wildman–Crippen LogP) is 2.79. The first-order chi connectivity index (χ1) is 11.8. The molecule has 0 atom stereocenters. The highest BCUT2D eigenvalue weighted by Crippen LogP contribution is 2.31. The van der Waals surface area contributed by atoms with E-state index in [1.165, 1.54) is 6.33 Å². The van der Waals surface area contributed by atoms with Crippen LogP contribution >= 0.6 is 11.3 Å². The lowest BCUT2D eigenvalue weighted by atomic mass is 10.1. The number of nitrogens with one attached hydrogen (secondary N) is 1. The zero-order chi connectivity index (χ0) is 18.2. The van der Waals surface area contributed by atoms with Crippen LogP contribution in [0.3, 0.4) is 0 Å². The summed E-state index contributed by atoms with van der Waals surface area (Å²) in [5.74, 6) is 0.0613. The third-order valence-corrected chi connectivity index (χ3v) is 4.39. The summed E-state index contributed by atoms with van der Waals surface area (Å²) in [5.41, 5.74) is 1.39. The number of thiazole rings is 1. The second kappa shape index (κ2) is 6.39. The first-order valence-corrected chi connectivity index (χ1v) is 8.12. The van der Waals surface area contributed by atoms with E-state index < -0.39 is 17.8 Å². The van der Waals surface area contributed by atoms with Gasteiger partial charge in [-0.2, -0.15) is 23.3 Å². The van der Waals surface area contributed by atoms with Crippen LogP contribution in [0.15, 0.2) is 11.7 Å². The second-order valence-electron chi connectivity index (χ2n) is 5.32. The molecule has 0 bridgehead atoms. The number of amides is 1. The molecule has 3 heterocycles. The van der Waals surface area contributed by atoms with Gasteiger partial charge in [-0.15, -0.1) is 11.3 Å². The molecule has 0 aliphatic rings. The number of aryl methyl sites for hydroxylation is 2. The molecule has 7 nitrogen and oxygen atoms in total. The van der Waals surface area contributed by atoms with E-state index in [9.17, 15) is 18.0 Å². The number of alkyl halides is 3. The zero-order valence-corrected chi connectivity index (χ0v) is 14.1. The summed E-state index contributed by atoms with van der Waals surface area (Å²) in [5, 5.41) is 7.25. The fourth-order valence-electron chi connectivity index (χ4n) is 2.40. The number of hydrogen-bond donors (Lipinski definition) is 1. The topological polar surface area (TPSA) is 85.1 Å². The van der Waals surface area contributed by atoms with Crippen LogP contribution in [0.2, 0.25) is 0 Å². The van der Waals surface area contributed by atoms with E-state index in [0.29, 0.717) is 12.2 Å². The van der Waals surface area contributed by atoms with Crippen LogP contribution in [-0.2, 0) is 17.4 Å². The van der Waals surface area contributed by atoms with Crippen LogP contribution in [0.1, 0.15) is 29.1 Å². The molecule has 3 rings (SSSR count). The van der Waals surface area contributed by atoms with E-state index >= 15 is 0 Å². The SMILES string of the molecule is Cc1nc2ncnn2c(C)c1CCC(=O)Nc1nc(C(F)(F)F)cs1. The molecule has 0 saturated heterocycles. The molecule has 0 aliphatic carbocycles. The number of nitrogens with zero attached hydrogens (tertiary/aromatic N) is 5. The van der Waals surface area contributed by atoms with Crippen molar-refractivity contribution in [1.29, 1.82) is 0 Å². The Balaban J connectivity index is 1.67. The van der Waals surface area contributed by atoms with Gasteiger partial charge in [0.1, 0.15) is 6.33 Å². The third kappa shape index (κ3) is 3.60. The standard InChI is InChI=1S/C14H13F3N6OS/c1-7-9(8(2)23-12(20-7)18-6-19-23)3-4-11(24)22-13-21-10(5-25-13)14(15,16)17/h5-6H,3-4H2,1-2H3,(H,21,22,24). The molecule has 0 spiro atoms. The van der Waals surface area contributed by atoms with Crippen molar-refractivity contribution in [2.75, 3.05) is 5.32 Å². The summed E-state index contributed by atoms with van der Waals surface area (Å²) in [6.45, 7) is 3.66. The summed E-state index contributed by atoms with van der Waals surface area (Å²) >= 11 is 0.738. The fourth-order valence-corrected chi connectivity index (χ4v) is 3.13. The van der Waals surface area contributed by atoms with Gasteiger partial charge < -0.3 is 5.32 Å². The minimum Gasteiger partial charge on any atom is -0.302 e. The Bertz CT molecular complexity index is 932. The monoisotopic (exact) mass is 370 g/mol. The lowest BCUT2D eigenvalue weighted by Crippen LogP contribution is -2.14. The molecule has 1 N–H and O–H groups in total. The Morgan fingerprint density at radius 1 is 1.32 bits per heavy atom. The third-order valence-electron chi connectivity index (χ3n) is 3.63. The van der Waals surface area contributed by atoms with Crippen LogP contribution in [0.4, 0.5) is 18.3 Å². The number of halogens is 3. The predicted molar refractivity (Wildman–Crippen MR) is 84.3 cm³/mol. The number of hydrogen-bond acceptors (Lipinski definition) is 6. The molecule has 11 heteroatoms. The average molecular weight is 370 g/mol. The van der Waals surface area contributed by atoms with Crippen molar-refractivity contribution in [2.45, 2.75) is 32.9 Å². The Morgan fingerprint density at radius 2 is 2.08 bits per heavy atom.